The van der Waals surface area contributed by atoms with E-state index in [0.29, 0.717) is 24.2 Å². The van der Waals surface area contributed by atoms with Crippen molar-refractivity contribution in [3.05, 3.63) is 51.5 Å². The monoisotopic (exact) mass is 349 g/mol. The Morgan fingerprint density at radius 2 is 1.46 bits per heavy atom. The molecule has 0 amide bonds. The highest BCUT2D eigenvalue weighted by atomic mass is 35.5. The Kier molecular flexibility index (Phi) is 4.34. The summed E-state index contributed by atoms with van der Waals surface area (Å²) in [6.07, 6.45) is -1.03. The van der Waals surface area contributed by atoms with E-state index in [1.54, 1.807) is 23.1 Å². The normalized spacial score (nSPS) is 15.7. The van der Waals surface area contributed by atoms with Crippen LogP contribution in [0.3, 0.4) is 0 Å². The van der Waals surface area contributed by atoms with E-state index in [1.807, 2.05) is 13.8 Å². The van der Waals surface area contributed by atoms with Crippen molar-refractivity contribution in [1.29, 1.82) is 0 Å². The number of aliphatic hydroxyl groups excluding tert-OH is 1. The highest BCUT2D eigenvalue weighted by Gasteiger charge is 2.29. The predicted molar refractivity (Wildman–Crippen MR) is 91.2 cm³/mol. The topological polar surface area (TPSA) is 84.2 Å². The molecule has 4 N–H and O–H groups in total. The van der Waals surface area contributed by atoms with E-state index in [1.165, 1.54) is 6.07 Å². The number of nitrogens with zero attached hydrogens (tertiary/aromatic N) is 1. The third kappa shape index (κ3) is 2.90. The zero-order chi connectivity index (χ0) is 17.6. The summed E-state index contributed by atoms with van der Waals surface area (Å²) in [6.45, 7) is 4.74. The number of halogens is 1. The maximum absolute atomic E-state index is 10.7. The van der Waals surface area contributed by atoms with Crippen LogP contribution in [0.25, 0.3) is 0 Å². The average molecular weight is 350 g/mol. The minimum absolute atomic E-state index is 0.0138. The Hall–Kier alpha value is -1.95. The second kappa shape index (κ2) is 6.16. The van der Waals surface area contributed by atoms with E-state index in [9.17, 15) is 20.4 Å². The molecule has 2 aromatic carbocycles. The van der Waals surface area contributed by atoms with Gasteiger partial charge in [-0.05, 0) is 40.8 Å². The van der Waals surface area contributed by atoms with E-state index in [4.69, 9.17) is 11.6 Å². The predicted octanol–water partition coefficient (Wildman–Crippen LogP) is 3.59. The molecule has 0 radical (unpaired) electrons. The smallest absolute Gasteiger partial charge is 0.137 e. The van der Waals surface area contributed by atoms with Crippen LogP contribution in [-0.4, -0.2) is 25.3 Å². The number of phenols is 3. The molecule has 2 aromatic rings. The van der Waals surface area contributed by atoms with Gasteiger partial charge in [0.15, 0.2) is 0 Å². The van der Waals surface area contributed by atoms with Crippen molar-refractivity contribution in [2.24, 2.45) is 0 Å². The molecule has 0 fully saturated rings. The maximum Gasteiger partial charge on any atom is 0.137 e. The van der Waals surface area contributed by atoms with Crippen molar-refractivity contribution in [2.45, 2.75) is 39.1 Å². The van der Waals surface area contributed by atoms with Gasteiger partial charge in [-0.15, -0.1) is 0 Å². The first-order chi connectivity index (χ1) is 11.3. The molecule has 0 spiro atoms. The van der Waals surface area contributed by atoms with Crippen LogP contribution in [0.2, 0.25) is 5.02 Å². The Labute approximate surface area is 145 Å². The van der Waals surface area contributed by atoms with Crippen molar-refractivity contribution >= 4 is 11.6 Å². The summed E-state index contributed by atoms with van der Waals surface area (Å²) in [6, 6.07) is 6.18. The number of hydrogen-bond donors (Lipinski definition) is 4. The van der Waals surface area contributed by atoms with E-state index in [2.05, 4.69) is 0 Å². The first kappa shape index (κ1) is 16.9. The first-order valence-electron chi connectivity index (χ1n) is 7.76. The molecule has 6 heteroatoms. The van der Waals surface area contributed by atoms with E-state index in [0.717, 1.165) is 11.1 Å². The molecule has 1 atom stereocenters. The quantitative estimate of drug-likeness (QED) is 0.680. The lowest BCUT2D eigenvalue weighted by molar-refractivity contribution is -0.00340. The molecule has 1 heterocycles. The number of phenolic OH excluding ortho intramolecular Hbond substituents is 3. The number of rotatable bonds is 3. The molecule has 128 valence electrons. The summed E-state index contributed by atoms with van der Waals surface area (Å²) in [5, 5.41) is 40.8. The second-order valence-electron chi connectivity index (χ2n) is 6.48. The van der Waals surface area contributed by atoms with Gasteiger partial charge in [0.05, 0.1) is 5.02 Å². The standard InChI is InChI=1S/C18H20ClNO4/c1-9(2)12-5-13(16(22)6-15(12)21)18(24)20-7-10-3-14(19)17(23)4-11(10)8-20/h3-6,9,18,21-24H,7-8H2,1-2H3. The Balaban J connectivity index is 1.91. The van der Waals surface area contributed by atoms with Crippen molar-refractivity contribution in [3.8, 4) is 17.2 Å². The van der Waals surface area contributed by atoms with Gasteiger partial charge in [0.2, 0.25) is 0 Å². The van der Waals surface area contributed by atoms with Crippen LogP contribution in [0.1, 0.15) is 48.2 Å². The number of fused-ring (bicyclic) bond motifs is 1. The molecular weight excluding hydrogens is 330 g/mol. The average Bonchev–Trinajstić information content (AvgIpc) is 2.89. The third-order valence-corrected chi connectivity index (χ3v) is 4.74. The lowest BCUT2D eigenvalue weighted by Crippen LogP contribution is -2.23. The number of aliphatic hydroxyl groups is 1. The van der Waals surface area contributed by atoms with Crippen LogP contribution in [0.5, 0.6) is 17.2 Å². The van der Waals surface area contributed by atoms with E-state index >= 15 is 0 Å². The number of hydrogen-bond acceptors (Lipinski definition) is 5. The largest absolute Gasteiger partial charge is 0.508 e. The first-order valence-corrected chi connectivity index (χ1v) is 8.14. The summed E-state index contributed by atoms with van der Waals surface area (Å²) in [4.78, 5) is 1.76. The fourth-order valence-electron chi connectivity index (χ4n) is 3.08. The molecule has 24 heavy (non-hydrogen) atoms. The fraction of sp³-hybridized carbons (Fsp3) is 0.333. The van der Waals surface area contributed by atoms with Crippen LogP contribution in [-0.2, 0) is 13.1 Å². The SMILES string of the molecule is CC(C)c1cc(C(O)N2Cc3cc(O)c(Cl)cc3C2)c(O)cc1O. The summed E-state index contributed by atoms with van der Waals surface area (Å²) >= 11 is 5.94. The van der Waals surface area contributed by atoms with E-state index < -0.39 is 6.23 Å². The van der Waals surface area contributed by atoms with Crippen LogP contribution in [0.15, 0.2) is 24.3 Å². The van der Waals surface area contributed by atoms with Gasteiger partial charge in [0.1, 0.15) is 23.5 Å². The molecular formula is C18H20ClNO4. The Bertz CT molecular complexity index is 760. The van der Waals surface area contributed by atoms with Gasteiger partial charge >= 0.3 is 0 Å². The van der Waals surface area contributed by atoms with Gasteiger partial charge in [-0.1, -0.05) is 25.4 Å². The molecule has 5 nitrogen and oxygen atoms in total. The van der Waals surface area contributed by atoms with Crippen molar-refractivity contribution in [3.63, 3.8) is 0 Å². The lowest BCUT2D eigenvalue weighted by Gasteiger charge is -2.24. The zero-order valence-electron chi connectivity index (χ0n) is 13.5. The van der Waals surface area contributed by atoms with Crippen LogP contribution in [0.4, 0.5) is 0 Å². The van der Waals surface area contributed by atoms with E-state index in [-0.39, 0.29) is 28.2 Å². The molecule has 0 bridgehead atoms. The molecule has 0 aromatic heterocycles. The zero-order valence-corrected chi connectivity index (χ0v) is 14.2. The van der Waals surface area contributed by atoms with Gasteiger partial charge in [0.25, 0.3) is 0 Å². The van der Waals surface area contributed by atoms with Crippen LogP contribution >= 0.6 is 11.6 Å². The summed E-state index contributed by atoms with van der Waals surface area (Å²) < 4.78 is 0. The van der Waals surface area contributed by atoms with Gasteiger partial charge in [-0.25, -0.2) is 0 Å². The van der Waals surface area contributed by atoms with Gasteiger partial charge in [-0.2, -0.15) is 0 Å². The molecule has 0 saturated carbocycles. The summed E-state index contributed by atoms with van der Waals surface area (Å²) in [5.41, 5.74) is 2.83. The minimum Gasteiger partial charge on any atom is -0.508 e. The molecule has 0 saturated heterocycles. The molecule has 1 aliphatic heterocycles. The number of benzene rings is 2. The van der Waals surface area contributed by atoms with Crippen molar-refractivity contribution < 1.29 is 20.4 Å². The number of aromatic hydroxyl groups is 3. The summed E-state index contributed by atoms with van der Waals surface area (Å²) in [7, 11) is 0. The Morgan fingerprint density at radius 3 is 2.08 bits per heavy atom. The minimum atomic E-state index is -1.03. The second-order valence-corrected chi connectivity index (χ2v) is 6.88. The lowest BCUT2D eigenvalue weighted by atomic mass is 9.98. The van der Waals surface area contributed by atoms with Crippen molar-refractivity contribution in [1.82, 2.24) is 4.90 Å². The van der Waals surface area contributed by atoms with Gasteiger partial charge in [-0.3, -0.25) is 4.90 Å². The summed E-state index contributed by atoms with van der Waals surface area (Å²) in [5.74, 6) is -0.0643. The van der Waals surface area contributed by atoms with Crippen LogP contribution in [0, 0.1) is 0 Å². The highest BCUT2D eigenvalue weighted by molar-refractivity contribution is 6.32. The highest BCUT2D eigenvalue weighted by Crippen LogP contribution is 2.40. The van der Waals surface area contributed by atoms with Gasteiger partial charge in [0, 0.05) is 24.7 Å². The molecule has 3 rings (SSSR count). The molecule has 1 aliphatic rings. The fourth-order valence-corrected chi connectivity index (χ4v) is 3.27. The molecule has 0 aliphatic carbocycles. The third-order valence-electron chi connectivity index (χ3n) is 4.44. The van der Waals surface area contributed by atoms with Crippen molar-refractivity contribution in [2.75, 3.05) is 0 Å². The maximum atomic E-state index is 10.7. The molecule has 1 unspecified atom stereocenters. The van der Waals surface area contributed by atoms with Gasteiger partial charge < -0.3 is 20.4 Å². The van der Waals surface area contributed by atoms with Crippen LogP contribution < -0.4 is 0 Å². The Morgan fingerprint density at radius 1 is 0.875 bits per heavy atom.